The number of piperidine rings is 1. The molecule has 1 heterocycles. The topological polar surface area (TPSA) is 32.3 Å². The summed E-state index contributed by atoms with van der Waals surface area (Å²) < 4.78 is 53.4. The average molecular weight is 563 g/mol. The molecule has 6 rings (SSSR count). The molecule has 3 aliphatic rings. The third kappa shape index (κ3) is 4.99. The van der Waals surface area contributed by atoms with Crippen molar-refractivity contribution in [3.63, 3.8) is 0 Å². The maximum Gasteiger partial charge on any atom is 0.416 e. The van der Waals surface area contributed by atoms with Gasteiger partial charge in [-0.05, 0) is 72.2 Å². The highest BCUT2D eigenvalue weighted by Gasteiger charge is 2.51. The van der Waals surface area contributed by atoms with Gasteiger partial charge < -0.3 is 5.32 Å². The van der Waals surface area contributed by atoms with Crippen molar-refractivity contribution in [2.24, 2.45) is 5.92 Å². The van der Waals surface area contributed by atoms with Gasteiger partial charge in [0.05, 0.1) is 5.56 Å². The fourth-order valence-electron chi connectivity index (χ4n) is 7.34. The average Bonchev–Trinajstić information content (AvgIpc) is 3.33. The number of alkyl halides is 4. The minimum Gasteiger partial charge on any atom is -0.351 e. The number of halogens is 4. The molecular formula is C34H34F4N2O. The molecule has 3 nitrogen and oxygen atoms in total. The summed E-state index contributed by atoms with van der Waals surface area (Å²) in [5.41, 5.74) is 2.25. The Balaban J connectivity index is 1.16. The summed E-state index contributed by atoms with van der Waals surface area (Å²) >= 11 is 0. The normalized spacial score (nSPS) is 27.4. The number of benzene rings is 3. The SMILES string of the molecule is C[C@H]1CN(C2CC(CNC(=O)c3cc(CF)cc(C(F)(F)F)c3)(c3ccccc3)C2)CC[C@@]12C=Cc1ccccc12. The smallest absolute Gasteiger partial charge is 0.351 e. The number of carbonyl (C=O) groups excluding carboxylic acids is 1. The van der Waals surface area contributed by atoms with Crippen molar-refractivity contribution in [3.05, 3.63) is 112 Å². The zero-order valence-electron chi connectivity index (χ0n) is 23.1. The van der Waals surface area contributed by atoms with E-state index in [0.717, 1.165) is 50.0 Å². The summed E-state index contributed by atoms with van der Waals surface area (Å²) in [5, 5.41) is 2.90. The van der Waals surface area contributed by atoms with E-state index in [0.29, 0.717) is 18.5 Å². The molecule has 2 aliphatic carbocycles. The molecule has 0 aromatic heterocycles. The summed E-state index contributed by atoms with van der Waals surface area (Å²) in [5.74, 6) is -0.169. The van der Waals surface area contributed by atoms with E-state index in [2.05, 4.69) is 65.7 Å². The van der Waals surface area contributed by atoms with Gasteiger partial charge in [-0.1, -0.05) is 73.7 Å². The number of rotatable bonds is 6. The number of nitrogens with zero attached hydrogens (tertiary/aromatic N) is 1. The second-order valence-electron chi connectivity index (χ2n) is 12.0. The van der Waals surface area contributed by atoms with Crippen LogP contribution >= 0.6 is 0 Å². The number of carbonyl (C=O) groups is 1. The quantitative estimate of drug-likeness (QED) is 0.320. The largest absolute Gasteiger partial charge is 0.416 e. The molecule has 214 valence electrons. The van der Waals surface area contributed by atoms with Crippen LogP contribution in [-0.2, 0) is 23.7 Å². The summed E-state index contributed by atoms with van der Waals surface area (Å²) in [6.07, 6.45) is 2.75. The highest BCUT2D eigenvalue weighted by atomic mass is 19.4. The van der Waals surface area contributed by atoms with Crippen LogP contribution in [0.1, 0.15) is 64.4 Å². The van der Waals surface area contributed by atoms with E-state index in [9.17, 15) is 22.4 Å². The first-order chi connectivity index (χ1) is 19.6. The molecule has 0 bridgehead atoms. The molecule has 3 aromatic carbocycles. The Bertz CT molecular complexity index is 1460. The predicted octanol–water partition coefficient (Wildman–Crippen LogP) is 7.31. The lowest BCUT2D eigenvalue weighted by molar-refractivity contribution is -0.137. The van der Waals surface area contributed by atoms with Gasteiger partial charge in [-0.15, -0.1) is 0 Å². The van der Waals surface area contributed by atoms with Gasteiger partial charge in [0.1, 0.15) is 6.67 Å². The van der Waals surface area contributed by atoms with E-state index >= 15 is 0 Å². The van der Waals surface area contributed by atoms with Crippen LogP contribution < -0.4 is 5.32 Å². The molecular weight excluding hydrogens is 528 g/mol. The van der Waals surface area contributed by atoms with Crippen molar-refractivity contribution in [1.82, 2.24) is 10.2 Å². The Labute approximate surface area is 238 Å². The molecule has 0 radical (unpaired) electrons. The monoisotopic (exact) mass is 562 g/mol. The molecule has 1 N–H and O–H groups in total. The third-order valence-corrected chi connectivity index (χ3v) is 9.70. The van der Waals surface area contributed by atoms with Crippen molar-refractivity contribution in [1.29, 1.82) is 0 Å². The fraction of sp³-hybridized carbons (Fsp3) is 0.382. The van der Waals surface area contributed by atoms with E-state index < -0.39 is 24.3 Å². The van der Waals surface area contributed by atoms with Gasteiger partial charge in [-0.2, -0.15) is 13.2 Å². The van der Waals surface area contributed by atoms with Gasteiger partial charge in [0.25, 0.3) is 5.91 Å². The minimum absolute atomic E-state index is 0.0742. The Kier molecular flexibility index (Phi) is 7.05. The Morgan fingerprint density at radius 1 is 1.02 bits per heavy atom. The van der Waals surface area contributed by atoms with Crippen molar-refractivity contribution in [2.75, 3.05) is 19.6 Å². The van der Waals surface area contributed by atoms with Gasteiger partial charge in [-0.3, -0.25) is 9.69 Å². The second-order valence-corrected chi connectivity index (χ2v) is 12.0. The highest BCUT2D eigenvalue weighted by Crippen LogP contribution is 2.51. The van der Waals surface area contributed by atoms with Crippen LogP contribution in [0, 0.1) is 5.92 Å². The highest BCUT2D eigenvalue weighted by molar-refractivity contribution is 5.94. The Morgan fingerprint density at radius 3 is 2.46 bits per heavy atom. The number of hydrogen-bond donors (Lipinski definition) is 1. The number of hydrogen-bond acceptors (Lipinski definition) is 2. The number of nitrogens with one attached hydrogen (secondary N) is 1. The molecule has 1 aliphatic heterocycles. The first kappa shape index (κ1) is 27.7. The first-order valence-corrected chi connectivity index (χ1v) is 14.3. The van der Waals surface area contributed by atoms with E-state index in [-0.39, 0.29) is 22.0 Å². The van der Waals surface area contributed by atoms with Gasteiger partial charge in [0, 0.05) is 35.5 Å². The Morgan fingerprint density at radius 2 is 1.76 bits per heavy atom. The summed E-state index contributed by atoms with van der Waals surface area (Å²) in [6, 6.07) is 21.8. The molecule has 1 amide bonds. The molecule has 1 saturated heterocycles. The molecule has 0 unspecified atom stereocenters. The van der Waals surface area contributed by atoms with Gasteiger partial charge in [-0.25, -0.2) is 4.39 Å². The number of amides is 1. The van der Waals surface area contributed by atoms with Gasteiger partial charge in [0.15, 0.2) is 0 Å². The maximum atomic E-state index is 13.4. The van der Waals surface area contributed by atoms with Gasteiger partial charge >= 0.3 is 6.18 Å². The molecule has 41 heavy (non-hydrogen) atoms. The molecule has 7 heteroatoms. The van der Waals surface area contributed by atoms with E-state index in [1.54, 1.807) is 0 Å². The van der Waals surface area contributed by atoms with E-state index in [1.165, 1.54) is 17.2 Å². The Hall–Kier alpha value is -3.45. The van der Waals surface area contributed by atoms with Crippen molar-refractivity contribution in [3.8, 4) is 0 Å². The lowest BCUT2D eigenvalue weighted by atomic mass is 9.60. The molecule has 3 aromatic rings. The van der Waals surface area contributed by atoms with Crippen LogP contribution in [0.15, 0.2) is 78.9 Å². The lowest BCUT2D eigenvalue weighted by Gasteiger charge is -2.56. The second kappa shape index (κ2) is 10.4. The van der Waals surface area contributed by atoms with Crippen LogP contribution in [0.3, 0.4) is 0 Å². The molecule has 1 saturated carbocycles. The fourth-order valence-corrected chi connectivity index (χ4v) is 7.34. The maximum absolute atomic E-state index is 13.4. The van der Waals surface area contributed by atoms with Crippen LogP contribution in [0.25, 0.3) is 6.08 Å². The molecule has 2 atom stereocenters. The molecule has 1 spiro atoms. The van der Waals surface area contributed by atoms with E-state index in [1.807, 2.05) is 18.2 Å². The van der Waals surface area contributed by atoms with Crippen LogP contribution in [0.2, 0.25) is 0 Å². The van der Waals surface area contributed by atoms with Crippen LogP contribution in [0.5, 0.6) is 0 Å². The number of likely N-dealkylation sites (tertiary alicyclic amines) is 1. The molecule has 2 fully saturated rings. The predicted molar refractivity (Wildman–Crippen MR) is 152 cm³/mol. The van der Waals surface area contributed by atoms with Gasteiger partial charge in [0.2, 0.25) is 0 Å². The summed E-state index contributed by atoms with van der Waals surface area (Å²) in [6.45, 7) is 3.54. The minimum atomic E-state index is -4.66. The summed E-state index contributed by atoms with van der Waals surface area (Å²) in [4.78, 5) is 15.6. The third-order valence-electron chi connectivity index (χ3n) is 9.70. The zero-order chi connectivity index (χ0) is 28.8. The van der Waals surface area contributed by atoms with Crippen molar-refractivity contribution >= 4 is 12.0 Å². The lowest BCUT2D eigenvalue weighted by Crippen LogP contribution is -2.61. The van der Waals surface area contributed by atoms with Crippen LogP contribution in [-0.4, -0.2) is 36.5 Å². The van der Waals surface area contributed by atoms with Crippen molar-refractivity contribution < 1.29 is 22.4 Å². The summed E-state index contributed by atoms with van der Waals surface area (Å²) in [7, 11) is 0. The number of fused-ring (bicyclic) bond motifs is 2. The standard InChI is InChI=1S/C34H34F4N2O/c1-23-21-40(14-13-33(23)12-11-25-7-5-6-10-30(25)33)29-18-32(19-29,27-8-3-2-4-9-27)22-39-31(41)26-15-24(20-35)16-28(17-26)34(36,37)38/h2-12,15-17,23,29H,13-14,18-22H2,1H3,(H,39,41)/t23-,29?,32?,33-/m0/s1. The first-order valence-electron chi connectivity index (χ1n) is 14.3. The van der Waals surface area contributed by atoms with Crippen LogP contribution in [0.4, 0.5) is 17.6 Å². The van der Waals surface area contributed by atoms with E-state index in [4.69, 9.17) is 0 Å². The van der Waals surface area contributed by atoms with Crippen molar-refractivity contribution in [2.45, 2.75) is 55.9 Å². The number of allylic oxidation sites excluding steroid dienone is 1. The zero-order valence-corrected chi connectivity index (χ0v) is 23.1.